The summed E-state index contributed by atoms with van der Waals surface area (Å²) in [6, 6.07) is 5.58. The van der Waals surface area contributed by atoms with Gasteiger partial charge in [-0.05, 0) is 184 Å². The van der Waals surface area contributed by atoms with E-state index in [1.54, 1.807) is 18.3 Å². The number of allylic oxidation sites excluding steroid dienone is 5. The molecule has 0 spiro atoms. The van der Waals surface area contributed by atoms with Gasteiger partial charge in [0.25, 0.3) is 0 Å². The largest absolute Gasteiger partial charge is 0.475 e. The van der Waals surface area contributed by atoms with Crippen LogP contribution in [0.3, 0.4) is 0 Å². The standard InChI is InChI=1S/C54H83N3O5Si/c1-14-60-47(59)53(35-61-46-38(32-55)16-15-31-56-46)26-19-37(20-27-53)41-22-24-50(9)43(49(41,7)8)23-25-52(11)44(50)18-17-42-45-40(36(2)3)21-28-54(45,30-29-51(42,52)10)57-33-39(58)34-62-63(12,13)48(4,5)6/h15-16,19,22,31,39-40,42-45,57-58H,2,14,17-18,20-21,23-30,33-35H2,1,3-13H3/t39-,40+,42-,43+,44-,45-,50?,51-,52-,53+,54+/m1/s1. The molecule has 348 valence electrons. The highest BCUT2D eigenvalue weighted by Gasteiger charge is 2.70. The monoisotopic (exact) mass is 882 g/mol. The summed E-state index contributed by atoms with van der Waals surface area (Å²) in [6.45, 7) is 34.7. The molecule has 11 atom stereocenters. The summed E-state index contributed by atoms with van der Waals surface area (Å²) in [5.41, 5.74) is 4.41. The molecule has 1 aromatic heterocycles. The summed E-state index contributed by atoms with van der Waals surface area (Å²) in [6.07, 6.45) is 18.9. The molecule has 6 aliphatic rings. The van der Waals surface area contributed by atoms with Crippen LogP contribution in [0.1, 0.15) is 152 Å². The van der Waals surface area contributed by atoms with Gasteiger partial charge in [-0.25, -0.2) is 4.98 Å². The molecule has 0 radical (unpaired) electrons. The molecule has 4 saturated carbocycles. The highest BCUT2D eigenvalue weighted by atomic mass is 28.4. The van der Waals surface area contributed by atoms with Gasteiger partial charge in [0.05, 0.1) is 19.3 Å². The van der Waals surface area contributed by atoms with Crippen LogP contribution in [0.5, 0.6) is 5.88 Å². The third kappa shape index (κ3) is 8.05. The summed E-state index contributed by atoms with van der Waals surface area (Å²) in [4.78, 5) is 17.9. The number of aromatic nitrogens is 1. The predicted molar refractivity (Wildman–Crippen MR) is 255 cm³/mol. The molecule has 6 aliphatic carbocycles. The summed E-state index contributed by atoms with van der Waals surface area (Å²) in [5, 5.41) is 25.2. The number of nitrogens with one attached hydrogen (secondary N) is 1. The predicted octanol–water partition coefficient (Wildman–Crippen LogP) is 11.9. The van der Waals surface area contributed by atoms with Gasteiger partial charge in [0.1, 0.15) is 23.7 Å². The number of carbonyl (C=O) groups excluding carboxylic acids is 1. The van der Waals surface area contributed by atoms with E-state index in [0.717, 1.165) is 25.7 Å². The van der Waals surface area contributed by atoms with Crippen molar-refractivity contribution in [3.8, 4) is 11.9 Å². The zero-order valence-corrected chi connectivity index (χ0v) is 42.3. The number of ether oxygens (including phenoxy) is 2. The first-order chi connectivity index (χ1) is 29.5. The van der Waals surface area contributed by atoms with Crippen LogP contribution in [0.25, 0.3) is 0 Å². The van der Waals surface area contributed by atoms with Gasteiger partial charge in [-0.2, -0.15) is 5.26 Å². The van der Waals surface area contributed by atoms with Gasteiger partial charge in [-0.1, -0.05) is 79.7 Å². The number of carbonyl (C=O) groups is 1. The number of hydrogen-bond donors (Lipinski definition) is 2. The third-order valence-corrected chi connectivity index (χ3v) is 24.3. The van der Waals surface area contributed by atoms with Gasteiger partial charge in [0, 0.05) is 18.3 Å². The van der Waals surface area contributed by atoms with Gasteiger partial charge in [-0.15, -0.1) is 0 Å². The number of β-amino-alcohol motifs (C(OH)–C–C–N with tert-alkyl or cyclic N) is 1. The van der Waals surface area contributed by atoms with Crippen molar-refractivity contribution in [3.05, 3.63) is 59.3 Å². The van der Waals surface area contributed by atoms with Crippen LogP contribution < -0.4 is 10.1 Å². The first-order valence-electron chi connectivity index (χ1n) is 24.7. The molecule has 7 rings (SSSR count). The molecular weight excluding hydrogens is 799 g/mol. The van der Waals surface area contributed by atoms with E-state index in [0.29, 0.717) is 67.8 Å². The van der Waals surface area contributed by atoms with Gasteiger partial charge < -0.3 is 24.3 Å². The van der Waals surface area contributed by atoms with Crippen molar-refractivity contribution in [1.82, 2.24) is 10.3 Å². The number of nitrogens with zero attached hydrogens (tertiary/aromatic N) is 2. The minimum Gasteiger partial charge on any atom is -0.475 e. The van der Waals surface area contributed by atoms with Crippen molar-refractivity contribution in [2.24, 2.45) is 56.7 Å². The summed E-state index contributed by atoms with van der Waals surface area (Å²) in [5.74, 6) is 2.89. The van der Waals surface area contributed by atoms with E-state index in [2.05, 4.69) is 111 Å². The Hall–Kier alpha value is -2.77. The van der Waals surface area contributed by atoms with Crippen molar-refractivity contribution < 1.29 is 23.8 Å². The second kappa shape index (κ2) is 17.1. The number of hydrogen-bond acceptors (Lipinski definition) is 8. The maximum atomic E-state index is 13.6. The smallest absolute Gasteiger partial charge is 0.315 e. The molecule has 1 aromatic rings. The molecule has 0 amide bonds. The van der Waals surface area contributed by atoms with E-state index >= 15 is 0 Å². The van der Waals surface area contributed by atoms with Crippen molar-refractivity contribution in [2.75, 3.05) is 26.4 Å². The number of rotatable bonds is 13. The first kappa shape index (κ1) is 48.2. The molecule has 1 unspecified atom stereocenters. The maximum absolute atomic E-state index is 13.6. The van der Waals surface area contributed by atoms with Gasteiger partial charge in [-0.3, -0.25) is 4.79 Å². The van der Waals surface area contributed by atoms with Crippen LogP contribution in [0.4, 0.5) is 0 Å². The van der Waals surface area contributed by atoms with Crippen molar-refractivity contribution in [1.29, 1.82) is 5.26 Å². The Morgan fingerprint density at radius 3 is 2.41 bits per heavy atom. The molecular formula is C54H83N3O5Si. The lowest BCUT2D eigenvalue weighted by molar-refractivity contribution is -0.221. The topological polar surface area (TPSA) is 114 Å². The molecule has 63 heavy (non-hydrogen) atoms. The number of fused-ring (bicyclic) bond motifs is 7. The van der Waals surface area contributed by atoms with Crippen LogP contribution in [0.15, 0.2) is 53.8 Å². The number of pyridine rings is 1. The second-order valence-corrected chi connectivity index (χ2v) is 29.0. The molecule has 1 heterocycles. The number of esters is 1. The average molecular weight is 882 g/mol. The minimum absolute atomic E-state index is 0.00866. The fourth-order valence-corrected chi connectivity index (χ4v) is 16.1. The second-order valence-electron chi connectivity index (χ2n) is 24.2. The number of nitriles is 1. The van der Waals surface area contributed by atoms with E-state index < -0.39 is 19.8 Å². The zero-order valence-electron chi connectivity index (χ0n) is 41.3. The Labute approximate surface area is 382 Å². The molecule has 9 heteroatoms. The minimum atomic E-state index is -1.95. The van der Waals surface area contributed by atoms with Crippen LogP contribution >= 0.6 is 0 Å². The number of aliphatic hydroxyl groups excluding tert-OH is 1. The lowest BCUT2D eigenvalue weighted by Crippen LogP contribution is -2.68. The molecule has 0 aliphatic heterocycles. The average Bonchev–Trinajstić information content (AvgIpc) is 3.62. The van der Waals surface area contributed by atoms with Crippen molar-refractivity contribution in [2.45, 2.75) is 176 Å². The van der Waals surface area contributed by atoms with E-state index in [9.17, 15) is 15.2 Å². The van der Waals surface area contributed by atoms with Crippen LogP contribution in [-0.4, -0.2) is 62.4 Å². The molecule has 4 fully saturated rings. The molecule has 2 N–H and O–H groups in total. The molecule has 0 saturated heterocycles. The summed E-state index contributed by atoms with van der Waals surface area (Å²) in [7, 11) is -1.95. The first-order valence-corrected chi connectivity index (χ1v) is 27.6. The Balaban J connectivity index is 1.10. The Bertz CT molecular complexity index is 2010. The van der Waals surface area contributed by atoms with Crippen molar-refractivity contribution >= 4 is 14.3 Å². The molecule has 0 aromatic carbocycles. The van der Waals surface area contributed by atoms with E-state index in [4.69, 9.17) is 13.9 Å². The van der Waals surface area contributed by atoms with Gasteiger partial charge in [0.15, 0.2) is 8.32 Å². The van der Waals surface area contributed by atoms with E-state index in [1.165, 1.54) is 55.2 Å². The Kier molecular flexibility index (Phi) is 13.1. The van der Waals surface area contributed by atoms with E-state index in [1.807, 2.05) is 6.92 Å². The third-order valence-electron chi connectivity index (χ3n) is 19.8. The maximum Gasteiger partial charge on any atom is 0.315 e. The van der Waals surface area contributed by atoms with Gasteiger partial charge in [0.2, 0.25) is 5.88 Å². The fraction of sp³-hybridized carbons (Fsp3) is 0.759. The molecule has 8 nitrogen and oxygen atoms in total. The highest BCUT2D eigenvalue weighted by Crippen LogP contribution is 2.76. The van der Waals surface area contributed by atoms with Crippen LogP contribution in [0.2, 0.25) is 18.1 Å². The molecule has 0 bridgehead atoms. The number of aliphatic hydroxyl groups is 1. The quantitative estimate of drug-likeness (QED) is 0.114. The van der Waals surface area contributed by atoms with Gasteiger partial charge >= 0.3 is 5.97 Å². The van der Waals surface area contributed by atoms with Crippen LogP contribution in [-0.2, 0) is 14.0 Å². The normalized spacial score (nSPS) is 37.7. The SMILES string of the molecule is C=C(C)[C@@H]1CC[C@]2(NC[C@@H](O)CO[Si](C)(C)C(C)(C)C)CC[C@]3(C)[C@H](CC[C@@H]4C5(C)CC=C(C6=CC[C@](COc7ncccc7C#N)(C(=O)OCC)CC6)C(C)(C)[C@@H]5CC[C@]43C)[C@@H]12. The van der Waals surface area contributed by atoms with Crippen molar-refractivity contribution in [3.63, 3.8) is 0 Å². The Morgan fingerprint density at radius 1 is 1.02 bits per heavy atom. The Morgan fingerprint density at radius 2 is 1.76 bits per heavy atom. The summed E-state index contributed by atoms with van der Waals surface area (Å²) >= 11 is 0. The highest BCUT2D eigenvalue weighted by molar-refractivity contribution is 6.74. The lowest BCUT2D eigenvalue weighted by Gasteiger charge is -2.72. The fourth-order valence-electron chi connectivity index (χ4n) is 15.1. The van der Waals surface area contributed by atoms with Crippen LogP contribution in [0, 0.1) is 68.0 Å². The summed E-state index contributed by atoms with van der Waals surface area (Å²) < 4.78 is 18.3. The lowest BCUT2D eigenvalue weighted by atomic mass is 9.33. The zero-order chi connectivity index (χ0) is 46.0. The van der Waals surface area contributed by atoms with E-state index in [-0.39, 0.29) is 50.7 Å².